The number of halogens is 1. The number of carbonyl (C=O) groups is 1. The number of hydrogen-bond acceptors (Lipinski definition) is 6. The van der Waals surface area contributed by atoms with Crippen molar-refractivity contribution < 1.29 is 27.1 Å². The van der Waals surface area contributed by atoms with Crippen molar-refractivity contribution in [3.05, 3.63) is 64.2 Å². The molecule has 30 heavy (non-hydrogen) atoms. The van der Waals surface area contributed by atoms with Crippen LogP contribution in [0.15, 0.2) is 36.1 Å². The fourth-order valence-corrected chi connectivity index (χ4v) is 6.07. The average Bonchev–Trinajstić information content (AvgIpc) is 3.22. The van der Waals surface area contributed by atoms with Crippen molar-refractivity contribution >= 4 is 21.7 Å². The summed E-state index contributed by atoms with van der Waals surface area (Å²) >= 11 is 0. The van der Waals surface area contributed by atoms with E-state index in [1.54, 1.807) is 18.2 Å². The molecule has 6 nitrogen and oxygen atoms in total. The van der Waals surface area contributed by atoms with E-state index in [1.807, 2.05) is 11.8 Å². The fraction of sp³-hybridized carbons (Fsp3) is 0.318. The molecule has 0 bridgehead atoms. The molecule has 1 unspecified atom stereocenters. The van der Waals surface area contributed by atoms with Crippen LogP contribution in [0.1, 0.15) is 33.5 Å². The second-order valence-corrected chi connectivity index (χ2v) is 10.2. The predicted octanol–water partition coefficient (Wildman–Crippen LogP) is 3.09. The van der Waals surface area contributed by atoms with Gasteiger partial charge in [-0.25, -0.2) is 12.8 Å². The van der Waals surface area contributed by atoms with E-state index in [4.69, 9.17) is 9.47 Å². The summed E-state index contributed by atoms with van der Waals surface area (Å²) in [7, 11) is -2.99. The first-order chi connectivity index (χ1) is 14.3. The molecular formula is C22H20FNO5S. The van der Waals surface area contributed by atoms with E-state index < -0.39 is 9.84 Å². The number of hydrogen-bond donors (Lipinski definition) is 0. The van der Waals surface area contributed by atoms with Crippen molar-refractivity contribution in [1.29, 1.82) is 0 Å². The van der Waals surface area contributed by atoms with Gasteiger partial charge in [-0.3, -0.25) is 9.69 Å². The number of nitrogens with zero attached hydrogens (tertiary/aromatic N) is 1. The Morgan fingerprint density at radius 2 is 2.07 bits per heavy atom. The van der Waals surface area contributed by atoms with Crippen LogP contribution in [0.4, 0.5) is 4.39 Å². The van der Waals surface area contributed by atoms with Crippen molar-refractivity contribution in [2.24, 2.45) is 0 Å². The van der Waals surface area contributed by atoms with Gasteiger partial charge in [0.1, 0.15) is 24.0 Å². The quantitative estimate of drug-likeness (QED) is 0.684. The maximum absolute atomic E-state index is 13.5. The molecular weight excluding hydrogens is 409 g/mol. The summed E-state index contributed by atoms with van der Waals surface area (Å²) in [6.45, 7) is 2.65. The minimum atomic E-state index is -2.99. The van der Waals surface area contributed by atoms with Crippen LogP contribution in [0.25, 0.3) is 6.08 Å². The summed E-state index contributed by atoms with van der Waals surface area (Å²) in [4.78, 5) is 14.9. The predicted molar refractivity (Wildman–Crippen MR) is 109 cm³/mol. The van der Waals surface area contributed by atoms with Crippen molar-refractivity contribution in [3.63, 3.8) is 0 Å². The molecule has 0 saturated carbocycles. The third-order valence-electron chi connectivity index (χ3n) is 5.84. The highest BCUT2D eigenvalue weighted by atomic mass is 32.2. The molecule has 0 aliphatic carbocycles. The second kappa shape index (κ2) is 6.92. The monoisotopic (exact) mass is 429 g/mol. The highest BCUT2D eigenvalue weighted by molar-refractivity contribution is 7.91. The van der Waals surface area contributed by atoms with E-state index in [0.717, 1.165) is 11.1 Å². The molecule has 1 fully saturated rings. The fourth-order valence-electron chi connectivity index (χ4n) is 4.31. The van der Waals surface area contributed by atoms with E-state index in [9.17, 15) is 17.6 Å². The topological polar surface area (TPSA) is 72.9 Å². The van der Waals surface area contributed by atoms with Gasteiger partial charge in [0.15, 0.2) is 15.6 Å². The highest BCUT2D eigenvalue weighted by Gasteiger charge is 2.37. The van der Waals surface area contributed by atoms with Crippen molar-refractivity contribution in [2.45, 2.75) is 25.9 Å². The summed E-state index contributed by atoms with van der Waals surface area (Å²) in [5.41, 5.74) is 2.56. The van der Waals surface area contributed by atoms with Gasteiger partial charge in [0.2, 0.25) is 5.78 Å². The minimum absolute atomic E-state index is 0.0768. The average molecular weight is 429 g/mol. The zero-order chi connectivity index (χ0) is 21.0. The molecule has 5 rings (SSSR count). The number of carbonyl (C=O) groups excluding carboxylic acids is 1. The lowest BCUT2D eigenvalue weighted by Crippen LogP contribution is -2.41. The maximum atomic E-state index is 13.5. The number of benzene rings is 2. The summed E-state index contributed by atoms with van der Waals surface area (Å²) in [5.74, 6) is 0.953. The molecule has 1 atom stereocenters. The molecule has 3 aliphatic rings. The third kappa shape index (κ3) is 3.30. The van der Waals surface area contributed by atoms with E-state index in [2.05, 4.69) is 0 Å². The van der Waals surface area contributed by atoms with Crippen molar-refractivity contribution in [2.75, 3.05) is 18.2 Å². The molecule has 0 N–H and O–H groups in total. The molecule has 3 heterocycles. The number of Topliss-reactive ketones (excluding diaryl/α,β-unsaturated/α-hetero) is 1. The van der Waals surface area contributed by atoms with Crippen molar-refractivity contribution in [1.82, 2.24) is 4.90 Å². The summed E-state index contributed by atoms with van der Waals surface area (Å²) in [6, 6.07) is 7.63. The van der Waals surface area contributed by atoms with Gasteiger partial charge < -0.3 is 9.47 Å². The van der Waals surface area contributed by atoms with E-state index >= 15 is 0 Å². The molecule has 2 aromatic rings. The molecule has 1 saturated heterocycles. The normalized spacial score (nSPS) is 23.7. The number of allylic oxidation sites excluding steroid dienone is 1. The van der Waals surface area contributed by atoms with Gasteiger partial charge >= 0.3 is 0 Å². The maximum Gasteiger partial charge on any atom is 0.231 e. The molecule has 2 aromatic carbocycles. The van der Waals surface area contributed by atoms with Crippen LogP contribution in [0.2, 0.25) is 0 Å². The molecule has 0 radical (unpaired) electrons. The van der Waals surface area contributed by atoms with Crippen LogP contribution in [-0.4, -0.2) is 43.4 Å². The van der Waals surface area contributed by atoms with Crippen LogP contribution in [0.3, 0.4) is 0 Å². The number of ketones is 1. The lowest BCUT2D eigenvalue weighted by atomic mass is 9.99. The Morgan fingerprint density at radius 1 is 1.23 bits per heavy atom. The van der Waals surface area contributed by atoms with E-state index in [0.29, 0.717) is 42.3 Å². The van der Waals surface area contributed by atoms with Gasteiger partial charge in [0.05, 0.1) is 17.1 Å². The molecule has 0 spiro atoms. The number of rotatable bonds is 2. The zero-order valence-electron chi connectivity index (χ0n) is 16.4. The Kier molecular flexibility index (Phi) is 4.44. The Labute approximate surface area is 173 Å². The lowest BCUT2D eigenvalue weighted by Gasteiger charge is -2.33. The molecule has 156 valence electrons. The molecule has 0 amide bonds. The van der Waals surface area contributed by atoms with Gasteiger partial charge in [0.25, 0.3) is 0 Å². The van der Waals surface area contributed by atoms with Crippen LogP contribution in [0.5, 0.6) is 11.5 Å². The third-order valence-corrected chi connectivity index (χ3v) is 7.59. The van der Waals surface area contributed by atoms with Crippen molar-refractivity contribution in [3.8, 4) is 11.5 Å². The Hall–Kier alpha value is -2.71. The second-order valence-electron chi connectivity index (χ2n) is 7.94. The largest absolute Gasteiger partial charge is 0.477 e. The Morgan fingerprint density at radius 3 is 2.80 bits per heavy atom. The lowest BCUT2D eigenvalue weighted by molar-refractivity contribution is 0.0637. The highest BCUT2D eigenvalue weighted by Crippen LogP contribution is 2.43. The van der Waals surface area contributed by atoms with Gasteiger partial charge in [-0.2, -0.15) is 0 Å². The Balaban J connectivity index is 1.45. The van der Waals surface area contributed by atoms with Gasteiger partial charge in [0, 0.05) is 23.7 Å². The minimum Gasteiger partial charge on any atom is -0.477 e. The summed E-state index contributed by atoms with van der Waals surface area (Å²) < 4.78 is 48.9. The number of sulfone groups is 1. The standard InChI is InChI=1S/C22H20FNO5S/c1-13-21-15(10-24(12-28-21)17-5-6-30(26,27)11-17)9-18-20(25)19(29-22(13)18)8-14-3-2-4-16(23)7-14/h2-4,7-9,17H,5-6,10-12H2,1H3/b19-8-. The number of ether oxygens (including phenoxy) is 2. The van der Waals surface area contributed by atoms with Crippen LogP contribution in [0, 0.1) is 12.7 Å². The molecule has 8 heteroatoms. The zero-order valence-corrected chi connectivity index (χ0v) is 17.2. The SMILES string of the molecule is Cc1c2c(cc3c1O/C(=C\c1cccc(F)c1)C3=O)CN(C1CCS(=O)(=O)C1)CO2. The molecule has 3 aliphatic heterocycles. The first kappa shape index (κ1) is 19.3. The van der Waals surface area contributed by atoms with Crippen LogP contribution >= 0.6 is 0 Å². The Bertz CT molecular complexity index is 1200. The number of fused-ring (bicyclic) bond motifs is 2. The first-order valence-corrected chi connectivity index (χ1v) is 11.6. The van der Waals surface area contributed by atoms with Crippen LogP contribution < -0.4 is 9.47 Å². The van der Waals surface area contributed by atoms with E-state index in [-0.39, 0.29) is 34.9 Å². The summed E-state index contributed by atoms with van der Waals surface area (Å²) in [5, 5.41) is 0. The van der Waals surface area contributed by atoms with Gasteiger partial charge in [-0.1, -0.05) is 12.1 Å². The van der Waals surface area contributed by atoms with Gasteiger partial charge in [-0.05, 0) is 43.2 Å². The first-order valence-electron chi connectivity index (χ1n) is 9.74. The van der Waals surface area contributed by atoms with E-state index in [1.165, 1.54) is 18.2 Å². The summed E-state index contributed by atoms with van der Waals surface area (Å²) in [6.07, 6.45) is 2.12. The van der Waals surface area contributed by atoms with Gasteiger partial charge in [-0.15, -0.1) is 0 Å². The van der Waals surface area contributed by atoms with Crippen LogP contribution in [-0.2, 0) is 16.4 Å². The smallest absolute Gasteiger partial charge is 0.231 e. The molecule has 0 aromatic heterocycles.